The zero-order valence-corrected chi connectivity index (χ0v) is 13.6. The fourth-order valence-electron chi connectivity index (χ4n) is 4.14. The molecule has 2 saturated heterocycles. The number of hydrogen-bond donors (Lipinski definition) is 0. The normalized spacial score (nSPS) is 25.4. The van der Waals surface area contributed by atoms with Gasteiger partial charge < -0.3 is 0 Å². The monoisotopic (exact) mass is 307 g/mol. The molecule has 0 amide bonds. The van der Waals surface area contributed by atoms with Crippen LogP contribution in [0.3, 0.4) is 0 Å². The van der Waals surface area contributed by atoms with Crippen LogP contribution in [0, 0.1) is 0 Å². The lowest BCUT2D eigenvalue weighted by Crippen LogP contribution is -2.56. The molecule has 3 heterocycles. The van der Waals surface area contributed by atoms with Crippen LogP contribution in [-0.4, -0.2) is 46.5 Å². The predicted molar refractivity (Wildman–Crippen MR) is 93.2 cm³/mol. The molecule has 1 aromatic carbocycles. The van der Waals surface area contributed by atoms with E-state index in [-0.39, 0.29) is 0 Å². The summed E-state index contributed by atoms with van der Waals surface area (Å²) in [5.41, 5.74) is 2.83. The Morgan fingerprint density at radius 3 is 2.61 bits per heavy atom. The largest absolute Gasteiger partial charge is 0.298 e. The van der Waals surface area contributed by atoms with E-state index in [1.54, 1.807) is 0 Å². The minimum atomic E-state index is 0.611. The van der Waals surface area contributed by atoms with Gasteiger partial charge in [0.25, 0.3) is 0 Å². The first kappa shape index (κ1) is 14.9. The van der Waals surface area contributed by atoms with Crippen LogP contribution in [0.15, 0.2) is 54.9 Å². The first-order chi connectivity index (χ1) is 11.4. The van der Waals surface area contributed by atoms with E-state index in [0.717, 1.165) is 19.0 Å². The molecule has 3 heteroatoms. The SMILES string of the molecule is c1ccc(C[C@@H]2CN3CCC[C@H]3CN2Cc2ccncc2)cc1. The van der Waals surface area contributed by atoms with Crippen LogP contribution in [-0.2, 0) is 13.0 Å². The van der Waals surface area contributed by atoms with Crippen molar-refractivity contribution in [3.05, 3.63) is 66.0 Å². The number of hydrogen-bond acceptors (Lipinski definition) is 3. The summed E-state index contributed by atoms with van der Waals surface area (Å²) in [6, 6.07) is 16.6. The Balaban J connectivity index is 1.52. The molecule has 2 atom stereocenters. The van der Waals surface area contributed by atoms with Crippen molar-refractivity contribution in [2.24, 2.45) is 0 Å². The van der Waals surface area contributed by atoms with E-state index in [2.05, 4.69) is 57.2 Å². The van der Waals surface area contributed by atoms with Gasteiger partial charge in [-0.25, -0.2) is 0 Å². The van der Waals surface area contributed by atoms with E-state index in [1.165, 1.54) is 43.6 Å². The molecule has 4 rings (SSSR count). The summed E-state index contributed by atoms with van der Waals surface area (Å²) in [6.07, 6.45) is 7.70. The van der Waals surface area contributed by atoms with Gasteiger partial charge in [0.1, 0.15) is 0 Å². The summed E-state index contributed by atoms with van der Waals surface area (Å²) in [5, 5.41) is 0. The van der Waals surface area contributed by atoms with Gasteiger partial charge in [0.15, 0.2) is 0 Å². The van der Waals surface area contributed by atoms with E-state index in [4.69, 9.17) is 0 Å². The first-order valence-corrected chi connectivity index (χ1v) is 8.79. The molecule has 0 radical (unpaired) electrons. The molecule has 0 aliphatic carbocycles. The van der Waals surface area contributed by atoms with E-state index < -0.39 is 0 Å². The van der Waals surface area contributed by atoms with Crippen molar-refractivity contribution in [2.45, 2.75) is 37.9 Å². The zero-order valence-electron chi connectivity index (χ0n) is 13.6. The number of nitrogens with zero attached hydrogens (tertiary/aromatic N) is 3. The smallest absolute Gasteiger partial charge is 0.0271 e. The van der Waals surface area contributed by atoms with Crippen molar-refractivity contribution < 1.29 is 0 Å². The molecule has 3 nitrogen and oxygen atoms in total. The minimum Gasteiger partial charge on any atom is -0.298 e. The van der Waals surface area contributed by atoms with Crippen LogP contribution in [0.5, 0.6) is 0 Å². The number of pyridine rings is 1. The van der Waals surface area contributed by atoms with Gasteiger partial charge in [-0.05, 0) is 49.1 Å². The summed E-state index contributed by atoms with van der Waals surface area (Å²) in [6.45, 7) is 4.76. The number of rotatable bonds is 4. The summed E-state index contributed by atoms with van der Waals surface area (Å²) >= 11 is 0. The molecule has 2 aliphatic heterocycles. The molecule has 0 N–H and O–H groups in total. The molecular weight excluding hydrogens is 282 g/mol. The molecule has 2 aliphatic rings. The van der Waals surface area contributed by atoms with Gasteiger partial charge in [-0.3, -0.25) is 14.8 Å². The molecule has 120 valence electrons. The third kappa shape index (κ3) is 3.46. The summed E-state index contributed by atoms with van der Waals surface area (Å²) in [5.74, 6) is 0. The Hall–Kier alpha value is -1.71. The quantitative estimate of drug-likeness (QED) is 0.866. The van der Waals surface area contributed by atoms with Crippen LogP contribution in [0.25, 0.3) is 0 Å². The Morgan fingerprint density at radius 2 is 1.78 bits per heavy atom. The number of piperazine rings is 1. The molecular formula is C20H25N3. The molecule has 1 aromatic heterocycles. The Morgan fingerprint density at radius 1 is 0.957 bits per heavy atom. The molecule has 2 aromatic rings. The molecule has 0 spiro atoms. The van der Waals surface area contributed by atoms with Gasteiger partial charge in [-0.2, -0.15) is 0 Å². The topological polar surface area (TPSA) is 19.4 Å². The van der Waals surface area contributed by atoms with Gasteiger partial charge in [-0.15, -0.1) is 0 Å². The van der Waals surface area contributed by atoms with Crippen molar-refractivity contribution in [2.75, 3.05) is 19.6 Å². The fourth-order valence-corrected chi connectivity index (χ4v) is 4.14. The zero-order chi connectivity index (χ0) is 15.5. The lowest BCUT2D eigenvalue weighted by Gasteiger charge is -2.44. The average Bonchev–Trinajstić information content (AvgIpc) is 3.04. The average molecular weight is 307 g/mol. The van der Waals surface area contributed by atoms with E-state index >= 15 is 0 Å². The maximum absolute atomic E-state index is 4.15. The second-order valence-electron chi connectivity index (χ2n) is 6.92. The third-order valence-corrected chi connectivity index (χ3v) is 5.36. The second-order valence-corrected chi connectivity index (χ2v) is 6.92. The van der Waals surface area contributed by atoms with Crippen LogP contribution in [0.1, 0.15) is 24.0 Å². The van der Waals surface area contributed by atoms with Gasteiger partial charge in [0, 0.05) is 44.1 Å². The van der Waals surface area contributed by atoms with Crippen LogP contribution in [0.4, 0.5) is 0 Å². The molecule has 0 saturated carbocycles. The van der Waals surface area contributed by atoms with Crippen molar-refractivity contribution in [1.29, 1.82) is 0 Å². The van der Waals surface area contributed by atoms with E-state index in [1.807, 2.05) is 12.4 Å². The highest BCUT2D eigenvalue weighted by molar-refractivity contribution is 5.17. The lowest BCUT2D eigenvalue weighted by atomic mass is 9.99. The van der Waals surface area contributed by atoms with E-state index in [0.29, 0.717) is 6.04 Å². The maximum atomic E-state index is 4.15. The van der Waals surface area contributed by atoms with Crippen molar-refractivity contribution >= 4 is 0 Å². The van der Waals surface area contributed by atoms with Crippen LogP contribution in [0.2, 0.25) is 0 Å². The predicted octanol–water partition coefficient (Wildman–Crippen LogP) is 2.97. The van der Waals surface area contributed by atoms with E-state index in [9.17, 15) is 0 Å². The second kappa shape index (κ2) is 6.81. The van der Waals surface area contributed by atoms with Crippen molar-refractivity contribution in [3.63, 3.8) is 0 Å². The van der Waals surface area contributed by atoms with Crippen molar-refractivity contribution in [1.82, 2.24) is 14.8 Å². The fraction of sp³-hybridized carbons (Fsp3) is 0.450. The molecule has 0 unspecified atom stereocenters. The summed E-state index contributed by atoms with van der Waals surface area (Å²) < 4.78 is 0. The number of aromatic nitrogens is 1. The lowest BCUT2D eigenvalue weighted by molar-refractivity contribution is 0.0455. The molecule has 0 bridgehead atoms. The van der Waals surface area contributed by atoms with Gasteiger partial charge in [0.2, 0.25) is 0 Å². The Labute approximate surface area is 139 Å². The van der Waals surface area contributed by atoms with Gasteiger partial charge in [0.05, 0.1) is 0 Å². The highest BCUT2D eigenvalue weighted by Gasteiger charge is 2.36. The number of fused-ring (bicyclic) bond motifs is 1. The third-order valence-electron chi connectivity index (χ3n) is 5.36. The maximum Gasteiger partial charge on any atom is 0.0271 e. The van der Waals surface area contributed by atoms with Gasteiger partial charge >= 0.3 is 0 Å². The standard InChI is InChI=1S/C20H25N3/c1-2-5-17(6-3-1)13-20-16-22-12-4-7-19(22)15-23(20)14-18-8-10-21-11-9-18/h1-3,5-6,8-11,19-20H,4,7,12-16H2/t19-,20+/m0/s1. The Bertz CT molecular complexity index is 558. The Kier molecular flexibility index (Phi) is 4.40. The van der Waals surface area contributed by atoms with Crippen LogP contribution < -0.4 is 0 Å². The van der Waals surface area contributed by atoms with Crippen LogP contribution >= 0.6 is 0 Å². The molecule has 23 heavy (non-hydrogen) atoms. The highest BCUT2D eigenvalue weighted by atomic mass is 15.3. The summed E-state index contributed by atoms with van der Waals surface area (Å²) in [7, 11) is 0. The molecule has 2 fully saturated rings. The van der Waals surface area contributed by atoms with Gasteiger partial charge in [-0.1, -0.05) is 30.3 Å². The summed E-state index contributed by atoms with van der Waals surface area (Å²) in [4.78, 5) is 9.57. The number of benzene rings is 1. The highest BCUT2D eigenvalue weighted by Crippen LogP contribution is 2.27. The van der Waals surface area contributed by atoms with Crippen molar-refractivity contribution in [3.8, 4) is 0 Å². The minimum absolute atomic E-state index is 0.611. The first-order valence-electron chi connectivity index (χ1n) is 8.79.